The third kappa shape index (κ3) is 2.98. The van der Waals surface area contributed by atoms with Gasteiger partial charge in [0, 0.05) is 12.8 Å². The van der Waals surface area contributed by atoms with Crippen molar-refractivity contribution in [2.75, 3.05) is 12.9 Å². The van der Waals surface area contributed by atoms with Crippen LogP contribution in [0.2, 0.25) is 0 Å². The Morgan fingerprint density at radius 3 is 3.07 bits per heavy atom. The number of rotatable bonds is 4. The number of methoxy groups -OCH3 is 1. The lowest BCUT2D eigenvalue weighted by atomic mass is 10.5. The second kappa shape index (κ2) is 5.35. The summed E-state index contributed by atoms with van der Waals surface area (Å²) in [6, 6.07) is 0. The predicted octanol–water partition coefficient (Wildman–Crippen LogP) is 0.844. The fourth-order valence-corrected chi connectivity index (χ4v) is 2.12. The Bertz CT molecular complexity index is 318. The van der Waals surface area contributed by atoms with Crippen molar-refractivity contribution >= 4 is 33.7 Å². The van der Waals surface area contributed by atoms with Crippen LogP contribution in [0.4, 0.5) is 0 Å². The summed E-state index contributed by atoms with van der Waals surface area (Å²) in [5.74, 6) is 0.291. The normalized spacial score (nSPS) is 12.5. The molecule has 0 N–H and O–H groups in total. The first kappa shape index (κ1) is 11.5. The van der Waals surface area contributed by atoms with Crippen LogP contribution in [-0.2, 0) is 16.6 Å². The van der Waals surface area contributed by atoms with E-state index in [2.05, 4.69) is 30.9 Å². The van der Waals surface area contributed by atoms with Gasteiger partial charge >= 0.3 is 5.97 Å². The Kier molecular flexibility index (Phi) is 4.40. The van der Waals surface area contributed by atoms with E-state index in [4.69, 9.17) is 0 Å². The number of halogens is 1. The molecule has 0 aliphatic carbocycles. The quantitative estimate of drug-likeness (QED) is 0.465. The molecule has 14 heavy (non-hydrogen) atoms. The van der Waals surface area contributed by atoms with Gasteiger partial charge < -0.3 is 9.30 Å². The van der Waals surface area contributed by atoms with Gasteiger partial charge in [-0.15, -0.1) is 10.2 Å². The summed E-state index contributed by atoms with van der Waals surface area (Å²) < 4.78 is 6.36. The number of hydrogen-bond acceptors (Lipinski definition) is 5. The number of nitrogens with zero attached hydrogens (tertiary/aromatic N) is 3. The molecule has 1 aromatic heterocycles. The van der Waals surface area contributed by atoms with Gasteiger partial charge in [-0.05, 0) is 0 Å². The van der Waals surface area contributed by atoms with E-state index in [1.54, 1.807) is 10.9 Å². The Morgan fingerprint density at radius 2 is 2.57 bits per heavy atom. The van der Waals surface area contributed by atoms with E-state index in [-0.39, 0.29) is 10.8 Å². The minimum Gasteiger partial charge on any atom is -0.468 e. The molecule has 1 rings (SSSR count). The van der Waals surface area contributed by atoms with E-state index in [0.717, 1.165) is 5.16 Å². The lowest BCUT2D eigenvalue weighted by molar-refractivity contribution is -0.139. The minimum atomic E-state index is -0.311. The third-order valence-electron chi connectivity index (χ3n) is 1.49. The first-order chi connectivity index (χ1) is 6.65. The van der Waals surface area contributed by atoms with Gasteiger partial charge in [-0.2, -0.15) is 0 Å². The highest BCUT2D eigenvalue weighted by Gasteiger charge is 2.16. The molecule has 0 amide bonds. The molecule has 0 spiro atoms. The van der Waals surface area contributed by atoms with Gasteiger partial charge in [0.2, 0.25) is 0 Å². The fraction of sp³-hybridized carbons (Fsp3) is 0.571. The van der Waals surface area contributed by atoms with E-state index < -0.39 is 0 Å². The standard InChI is InChI=1S/C7H10BrN3O2S/c1-11-4-9-10-7(11)14-3-5(8)6(12)13-2/h4-5H,3H2,1-2H3. The van der Waals surface area contributed by atoms with Crippen LogP contribution >= 0.6 is 27.7 Å². The third-order valence-corrected chi connectivity index (χ3v) is 3.74. The van der Waals surface area contributed by atoms with Crippen molar-refractivity contribution in [3.8, 4) is 0 Å². The molecule has 7 heteroatoms. The highest BCUT2D eigenvalue weighted by atomic mass is 79.9. The van der Waals surface area contributed by atoms with Crippen LogP contribution in [0.1, 0.15) is 0 Å². The summed E-state index contributed by atoms with van der Waals surface area (Å²) >= 11 is 4.67. The van der Waals surface area contributed by atoms with E-state index >= 15 is 0 Å². The number of hydrogen-bond donors (Lipinski definition) is 0. The van der Waals surface area contributed by atoms with Gasteiger partial charge in [-0.1, -0.05) is 27.7 Å². The molecular weight excluding hydrogens is 270 g/mol. The summed E-state index contributed by atoms with van der Waals surface area (Å²) in [6.45, 7) is 0. The van der Waals surface area contributed by atoms with E-state index in [0.29, 0.717) is 5.75 Å². The van der Waals surface area contributed by atoms with Crippen LogP contribution in [0.25, 0.3) is 0 Å². The van der Waals surface area contributed by atoms with Gasteiger partial charge in [-0.3, -0.25) is 4.79 Å². The minimum absolute atomic E-state index is 0.278. The van der Waals surface area contributed by atoms with Gasteiger partial charge in [0.15, 0.2) is 5.16 Å². The molecule has 78 valence electrons. The maximum Gasteiger partial charge on any atom is 0.320 e. The first-order valence-corrected chi connectivity index (χ1v) is 5.74. The molecule has 1 unspecified atom stereocenters. The smallest absolute Gasteiger partial charge is 0.320 e. The topological polar surface area (TPSA) is 57.0 Å². The Morgan fingerprint density at radius 1 is 1.86 bits per heavy atom. The largest absolute Gasteiger partial charge is 0.468 e. The molecule has 0 radical (unpaired) electrons. The number of aryl methyl sites for hydroxylation is 1. The molecule has 0 saturated heterocycles. The van der Waals surface area contributed by atoms with Crippen molar-refractivity contribution in [1.29, 1.82) is 0 Å². The van der Waals surface area contributed by atoms with Gasteiger partial charge in [-0.25, -0.2) is 0 Å². The maximum absolute atomic E-state index is 11.0. The van der Waals surface area contributed by atoms with Crippen molar-refractivity contribution in [2.24, 2.45) is 7.05 Å². The van der Waals surface area contributed by atoms with E-state index in [1.165, 1.54) is 18.9 Å². The van der Waals surface area contributed by atoms with E-state index in [9.17, 15) is 4.79 Å². The Labute approximate surface area is 94.3 Å². The average molecular weight is 280 g/mol. The highest BCUT2D eigenvalue weighted by Crippen LogP contribution is 2.18. The summed E-state index contributed by atoms with van der Waals surface area (Å²) in [5.41, 5.74) is 0. The van der Waals surface area contributed by atoms with Gasteiger partial charge in [0.1, 0.15) is 11.2 Å². The van der Waals surface area contributed by atoms with Crippen LogP contribution in [0.3, 0.4) is 0 Å². The summed E-state index contributed by atoms with van der Waals surface area (Å²) in [4.78, 5) is 10.7. The molecule has 0 fully saturated rings. The van der Waals surface area contributed by atoms with Crippen LogP contribution in [-0.4, -0.2) is 38.4 Å². The highest BCUT2D eigenvalue weighted by molar-refractivity contribution is 9.10. The summed E-state index contributed by atoms with van der Waals surface area (Å²) in [7, 11) is 3.22. The fourth-order valence-electron chi connectivity index (χ4n) is 0.747. The second-order valence-electron chi connectivity index (χ2n) is 2.53. The molecule has 1 heterocycles. The number of thioether (sulfide) groups is 1. The summed E-state index contributed by atoms with van der Waals surface area (Å²) in [6.07, 6.45) is 1.61. The van der Waals surface area contributed by atoms with Crippen molar-refractivity contribution in [3.05, 3.63) is 6.33 Å². The van der Waals surface area contributed by atoms with Crippen LogP contribution in [0.15, 0.2) is 11.5 Å². The molecule has 0 aliphatic heterocycles. The van der Waals surface area contributed by atoms with Crippen molar-refractivity contribution in [1.82, 2.24) is 14.8 Å². The second-order valence-corrected chi connectivity index (χ2v) is 4.62. The number of carbonyl (C=O) groups excluding carboxylic acids is 1. The zero-order valence-corrected chi connectivity index (χ0v) is 10.2. The van der Waals surface area contributed by atoms with Gasteiger partial charge in [0.25, 0.3) is 0 Å². The van der Waals surface area contributed by atoms with E-state index in [1.807, 2.05) is 7.05 Å². The Balaban J connectivity index is 2.41. The zero-order valence-electron chi connectivity index (χ0n) is 7.81. The van der Waals surface area contributed by atoms with Crippen molar-refractivity contribution in [3.63, 3.8) is 0 Å². The van der Waals surface area contributed by atoms with Gasteiger partial charge in [0.05, 0.1) is 7.11 Å². The lowest BCUT2D eigenvalue weighted by Gasteiger charge is -2.05. The SMILES string of the molecule is COC(=O)C(Br)CSc1nncn1C. The zero-order chi connectivity index (χ0) is 10.6. The monoisotopic (exact) mass is 279 g/mol. The number of ether oxygens (including phenoxy) is 1. The molecule has 0 aliphatic rings. The molecule has 1 aromatic rings. The number of alkyl halides is 1. The molecule has 0 bridgehead atoms. The van der Waals surface area contributed by atoms with Crippen molar-refractivity contribution in [2.45, 2.75) is 9.98 Å². The lowest BCUT2D eigenvalue weighted by Crippen LogP contribution is -2.18. The van der Waals surface area contributed by atoms with Crippen LogP contribution < -0.4 is 0 Å². The molecule has 1 atom stereocenters. The molecule has 0 aromatic carbocycles. The Hall–Kier alpha value is -0.560. The molecular formula is C7H10BrN3O2S. The van der Waals surface area contributed by atoms with Crippen molar-refractivity contribution < 1.29 is 9.53 Å². The van der Waals surface area contributed by atoms with Crippen LogP contribution in [0, 0.1) is 0 Å². The maximum atomic E-state index is 11.0. The average Bonchev–Trinajstić information content (AvgIpc) is 2.59. The first-order valence-electron chi connectivity index (χ1n) is 3.84. The molecule has 5 nitrogen and oxygen atoms in total. The van der Waals surface area contributed by atoms with Crippen LogP contribution in [0.5, 0.6) is 0 Å². The number of esters is 1. The number of aromatic nitrogens is 3. The predicted molar refractivity (Wildman–Crippen MR) is 56.5 cm³/mol. The molecule has 0 saturated carbocycles. The summed E-state index contributed by atoms with van der Waals surface area (Å²) in [5, 5.41) is 8.38. The number of carbonyl (C=O) groups is 1.